The van der Waals surface area contributed by atoms with E-state index in [9.17, 15) is 15.0 Å². The smallest absolute Gasteiger partial charge is 0.258 e. The predicted octanol–water partition coefficient (Wildman–Crippen LogP) is 2.34. The Morgan fingerprint density at radius 3 is 2.89 bits per heavy atom. The molecular weight excluding hydrogens is 298 g/mol. The maximum absolute atomic E-state index is 12.4. The number of benzene rings is 1. The molecule has 98 valence electrons. The molecule has 0 aliphatic carbocycles. The van der Waals surface area contributed by atoms with Crippen molar-refractivity contribution >= 4 is 21.8 Å². The van der Waals surface area contributed by atoms with E-state index < -0.39 is 0 Å². The average Bonchev–Trinajstić information content (AvgIpc) is 2.72. The fourth-order valence-electron chi connectivity index (χ4n) is 2.35. The summed E-state index contributed by atoms with van der Waals surface area (Å²) in [4.78, 5) is 14.1. The van der Waals surface area contributed by atoms with Crippen molar-refractivity contribution in [2.45, 2.75) is 19.4 Å². The number of phenolic OH excluding ortho intramolecular Hbond substituents is 2. The van der Waals surface area contributed by atoms with Gasteiger partial charge in [0.2, 0.25) is 0 Å². The number of rotatable bonds is 2. The van der Waals surface area contributed by atoms with Gasteiger partial charge >= 0.3 is 0 Å². The molecule has 4 nitrogen and oxygen atoms in total. The van der Waals surface area contributed by atoms with Gasteiger partial charge in [0.1, 0.15) is 11.5 Å². The van der Waals surface area contributed by atoms with E-state index in [0.29, 0.717) is 12.5 Å². The molecule has 2 N–H and O–H groups in total. The minimum atomic E-state index is -0.225. The molecule has 1 heterocycles. The number of aromatic hydroxyl groups is 2. The van der Waals surface area contributed by atoms with Crippen molar-refractivity contribution in [3.8, 4) is 11.5 Å². The summed E-state index contributed by atoms with van der Waals surface area (Å²) in [6, 6.07) is 4.15. The molecule has 1 saturated heterocycles. The maximum atomic E-state index is 12.4. The number of phenols is 2. The molecule has 1 fully saturated rings. The van der Waals surface area contributed by atoms with Crippen LogP contribution in [0, 0.1) is 5.92 Å². The third-order valence-electron chi connectivity index (χ3n) is 3.51. The van der Waals surface area contributed by atoms with Crippen molar-refractivity contribution < 1.29 is 15.0 Å². The lowest BCUT2D eigenvalue weighted by molar-refractivity contribution is 0.0735. The zero-order valence-electron chi connectivity index (χ0n) is 10.1. The molecule has 1 aromatic carbocycles. The summed E-state index contributed by atoms with van der Waals surface area (Å²) in [7, 11) is 0. The number of hydrogen-bond donors (Lipinski definition) is 2. The predicted molar refractivity (Wildman–Crippen MR) is 72.2 cm³/mol. The second kappa shape index (κ2) is 5.18. The Bertz CT molecular complexity index is 464. The molecule has 2 unspecified atom stereocenters. The Labute approximate surface area is 114 Å². The van der Waals surface area contributed by atoms with Crippen LogP contribution < -0.4 is 0 Å². The molecule has 1 aliphatic heterocycles. The summed E-state index contributed by atoms with van der Waals surface area (Å²) >= 11 is 3.43. The molecule has 0 saturated carbocycles. The SMILES string of the molecule is CC1CCN(C(=O)c2cc(O)ccc2O)C1CBr. The number of amides is 1. The molecule has 0 bridgehead atoms. The van der Waals surface area contributed by atoms with E-state index in [1.165, 1.54) is 18.2 Å². The highest BCUT2D eigenvalue weighted by molar-refractivity contribution is 9.09. The molecule has 5 heteroatoms. The van der Waals surface area contributed by atoms with E-state index in [1.807, 2.05) is 0 Å². The highest BCUT2D eigenvalue weighted by Crippen LogP contribution is 2.30. The van der Waals surface area contributed by atoms with Gasteiger partial charge in [-0.2, -0.15) is 0 Å². The second-order valence-electron chi connectivity index (χ2n) is 4.69. The van der Waals surface area contributed by atoms with Crippen LogP contribution in [0.25, 0.3) is 0 Å². The number of nitrogens with zero attached hydrogens (tertiary/aromatic N) is 1. The van der Waals surface area contributed by atoms with Gasteiger partial charge in [0.05, 0.1) is 5.56 Å². The molecule has 2 atom stereocenters. The second-order valence-corrected chi connectivity index (χ2v) is 5.34. The average molecular weight is 314 g/mol. The first kappa shape index (κ1) is 13.2. The van der Waals surface area contributed by atoms with Gasteiger partial charge < -0.3 is 15.1 Å². The lowest BCUT2D eigenvalue weighted by atomic mass is 10.0. The van der Waals surface area contributed by atoms with Gasteiger partial charge in [0.25, 0.3) is 5.91 Å². The third kappa shape index (κ3) is 2.32. The van der Waals surface area contributed by atoms with Gasteiger partial charge in [-0.1, -0.05) is 22.9 Å². The Kier molecular flexibility index (Phi) is 3.80. The van der Waals surface area contributed by atoms with Crippen LogP contribution in [0.15, 0.2) is 18.2 Å². The van der Waals surface area contributed by atoms with Crippen molar-refractivity contribution in [1.29, 1.82) is 0 Å². The number of likely N-dealkylation sites (tertiary alicyclic amines) is 1. The minimum absolute atomic E-state index is 0.0150. The van der Waals surface area contributed by atoms with E-state index in [-0.39, 0.29) is 29.0 Å². The maximum Gasteiger partial charge on any atom is 0.258 e. The Morgan fingerprint density at radius 1 is 1.50 bits per heavy atom. The number of carbonyl (C=O) groups is 1. The van der Waals surface area contributed by atoms with Gasteiger partial charge in [-0.3, -0.25) is 4.79 Å². The van der Waals surface area contributed by atoms with Crippen LogP contribution in [0.4, 0.5) is 0 Å². The van der Waals surface area contributed by atoms with E-state index in [1.54, 1.807) is 4.90 Å². The standard InChI is InChI=1S/C13H16BrNO3/c1-8-4-5-15(11(8)7-14)13(18)10-6-9(16)2-3-12(10)17/h2-3,6,8,11,16-17H,4-5,7H2,1H3. The van der Waals surface area contributed by atoms with E-state index in [4.69, 9.17) is 0 Å². The normalized spacial score (nSPS) is 23.3. The summed E-state index contributed by atoms with van der Waals surface area (Å²) in [6.45, 7) is 2.80. The summed E-state index contributed by atoms with van der Waals surface area (Å²) in [5, 5.41) is 19.9. The fraction of sp³-hybridized carbons (Fsp3) is 0.462. The van der Waals surface area contributed by atoms with Crippen LogP contribution in [-0.4, -0.2) is 38.9 Å². The summed E-state index contributed by atoms with van der Waals surface area (Å²) in [5.41, 5.74) is 0.162. The van der Waals surface area contributed by atoms with Gasteiger partial charge in [-0.15, -0.1) is 0 Å². The van der Waals surface area contributed by atoms with Gasteiger partial charge in [0, 0.05) is 17.9 Å². The van der Waals surface area contributed by atoms with Crippen molar-refractivity contribution in [3.63, 3.8) is 0 Å². The van der Waals surface area contributed by atoms with E-state index in [2.05, 4.69) is 22.9 Å². The summed E-state index contributed by atoms with van der Waals surface area (Å²) in [6.07, 6.45) is 0.960. The van der Waals surface area contributed by atoms with Crippen LogP contribution in [-0.2, 0) is 0 Å². The number of carbonyl (C=O) groups excluding carboxylic acids is 1. The highest BCUT2D eigenvalue weighted by Gasteiger charge is 2.34. The topological polar surface area (TPSA) is 60.8 Å². The van der Waals surface area contributed by atoms with Crippen molar-refractivity contribution in [3.05, 3.63) is 23.8 Å². The summed E-state index contributed by atoms with van der Waals surface area (Å²) < 4.78 is 0. The van der Waals surface area contributed by atoms with Gasteiger partial charge in [-0.05, 0) is 30.5 Å². The molecule has 0 radical (unpaired) electrons. The molecular formula is C13H16BrNO3. The largest absolute Gasteiger partial charge is 0.508 e. The summed E-state index contributed by atoms with van der Waals surface area (Å²) in [5.74, 6) is 0.106. The minimum Gasteiger partial charge on any atom is -0.508 e. The Balaban J connectivity index is 2.28. The number of alkyl halides is 1. The molecule has 1 aromatic rings. The fourth-order valence-corrected chi connectivity index (χ4v) is 3.33. The number of halogens is 1. The first-order valence-electron chi connectivity index (χ1n) is 5.93. The first-order chi connectivity index (χ1) is 8.54. The van der Waals surface area contributed by atoms with Crippen molar-refractivity contribution in [2.75, 3.05) is 11.9 Å². The van der Waals surface area contributed by atoms with E-state index >= 15 is 0 Å². The lowest BCUT2D eigenvalue weighted by Gasteiger charge is -2.25. The highest BCUT2D eigenvalue weighted by atomic mass is 79.9. The van der Waals surface area contributed by atoms with Crippen LogP contribution >= 0.6 is 15.9 Å². The first-order valence-corrected chi connectivity index (χ1v) is 7.05. The third-order valence-corrected chi connectivity index (χ3v) is 4.18. The van der Waals surface area contributed by atoms with Crippen molar-refractivity contribution in [2.24, 2.45) is 5.92 Å². The van der Waals surface area contributed by atoms with Crippen LogP contribution in [0.2, 0.25) is 0 Å². The van der Waals surface area contributed by atoms with Gasteiger partial charge in [-0.25, -0.2) is 0 Å². The zero-order chi connectivity index (χ0) is 13.3. The molecule has 0 spiro atoms. The lowest BCUT2D eigenvalue weighted by Crippen LogP contribution is -2.38. The molecule has 1 aliphatic rings. The van der Waals surface area contributed by atoms with Crippen LogP contribution in [0.3, 0.4) is 0 Å². The van der Waals surface area contributed by atoms with Crippen LogP contribution in [0.5, 0.6) is 11.5 Å². The molecule has 18 heavy (non-hydrogen) atoms. The van der Waals surface area contributed by atoms with Crippen molar-refractivity contribution in [1.82, 2.24) is 4.90 Å². The molecule has 2 rings (SSSR count). The Hall–Kier alpha value is -1.23. The molecule has 1 amide bonds. The quantitative estimate of drug-likeness (QED) is 0.651. The number of hydrogen-bond acceptors (Lipinski definition) is 3. The van der Waals surface area contributed by atoms with Crippen LogP contribution in [0.1, 0.15) is 23.7 Å². The van der Waals surface area contributed by atoms with Gasteiger partial charge in [0.15, 0.2) is 0 Å². The van der Waals surface area contributed by atoms with E-state index in [0.717, 1.165) is 11.8 Å². The monoisotopic (exact) mass is 313 g/mol. The molecule has 0 aromatic heterocycles. The zero-order valence-corrected chi connectivity index (χ0v) is 11.7. The Morgan fingerprint density at radius 2 is 2.22 bits per heavy atom.